The molecule has 3 heteroatoms. The molecule has 2 nitrogen and oxygen atoms in total. The number of Topliss-reactive ketones (excluding diaryl/α,β-unsaturated/α-hetero) is 1. The maximum Gasteiger partial charge on any atom is 0.152 e. The molecule has 0 aliphatic heterocycles. The number of nitrogens with two attached hydrogens (primary N) is 1. The molecule has 0 saturated heterocycles. The lowest BCUT2D eigenvalue weighted by molar-refractivity contribution is -0.122. The normalized spacial score (nSPS) is 13.1. The molecule has 3 rings (SSSR count). The zero-order chi connectivity index (χ0) is 20.7. The van der Waals surface area contributed by atoms with Gasteiger partial charge in [0.1, 0.15) is 5.41 Å². The zero-order valence-corrected chi connectivity index (χ0v) is 17.7. The van der Waals surface area contributed by atoms with Gasteiger partial charge in [0.2, 0.25) is 0 Å². The number of halogens is 1. The molecule has 0 radical (unpaired) electrons. The van der Waals surface area contributed by atoms with E-state index >= 15 is 0 Å². The molecule has 29 heavy (non-hydrogen) atoms. The number of ketones is 1. The summed E-state index contributed by atoms with van der Waals surface area (Å²) in [6, 6.07) is 25.9. The van der Waals surface area contributed by atoms with E-state index in [1.54, 1.807) is 0 Å². The predicted octanol–water partition coefficient (Wildman–Crippen LogP) is 6.07. The van der Waals surface area contributed by atoms with Gasteiger partial charge in [-0.15, -0.1) is 0 Å². The Labute approximate surface area is 178 Å². The standard InChI is InChI=1S/C26H28ClNO/c1-20-15-17-22(18-16-20)26(21-10-4-2-5-11-21,23-12-7-8-13-24(23)27)25(29)14-6-3-9-19-28/h2,4-5,7-8,10-13,15-18H,3,6,9,14,19,28H2,1H3. The highest BCUT2D eigenvalue weighted by Gasteiger charge is 2.44. The Morgan fingerprint density at radius 2 is 1.45 bits per heavy atom. The summed E-state index contributed by atoms with van der Waals surface area (Å²) in [7, 11) is 0. The molecule has 0 fully saturated rings. The fourth-order valence-corrected chi connectivity index (χ4v) is 4.28. The number of hydrogen-bond donors (Lipinski definition) is 1. The van der Waals surface area contributed by atoms with Crippen LogP contribution >= 0.6 is 11.6 Å². The molecule has 3 aromatic carbocycles. The Hall–Kier alpha value is -2.42. The van der Waals surface area contributed by atoms with Crippen molar-refractivity contribution in [3.8, 4) is 0 Å². The van der Waals surface area contributed by atoms with Crippen LogP contribution in [0.5, 0.6) is 0 Å². The average Bonchev–Trinajstić information content (AvgIpc) is 2.75. The van der Waals surface area contributed by atoms with Crippen molar-refractivity contribution in [1.29, 1.82) is 0 Å². The lowest BCUT2D eigenvalue weighted by Gasteiger charge is -2.35. The van der Waals surface area contributed by atoms with Gasteiger partial charge in [-0.2, -0.15) is 0 Å². The number of rotatable bonds is 9. The van der Waals surface area contributed by atoms with Gasteiger partial charge in [-0.25, -0.2) is 0 Å². The molecule has 2 N–H and O–H groups in total. The van der Waals surface area contributed by atoms with Gasteiger partial charge in [0.05, 0.1) is 0 Å². The second-order valence-electron chi connectivity index (χ2n) is 7.48. The molecule has 0 aromatic heterocycles. The quantitative estimate of drug-likeness (QED) is 0.346. The number of carbonyl (C=O) groups excluding carboxylic acids is 1. The van der Waals surface area contributed by atoms with Crippen LogP contribution in [-0.2, 0) is 10.2 Å². The first-order valence-corrected chi connectivity index (χ1v) is 10.6. The second kappa shape index (κ2) is 9.87. The molecular formula is C26H28ClNO. The van der Waals surface area contributed by atoms with Gasteiger partial charge in [0.25, 0.3) is 0 Å². The van der Waals surface area contributed by atoms with Gasteiger partial charge in [-0.3, -0.25) is 4.79 Å². The minimum Gasteiger partial charge on any atom is -0.330 e. The van der Waals surface area contributed by atoms with Gasteiger partial charge in [0, 0.05) is 11.4 Å². The molecule has 0 aliphatic rings. The summed E-state index contributed by atoms with van der Waals surface area (Å²) in [5.74, 6) is 0.165. The molecule has 0 saturated carbocycles. The van der Waals surface area contributed by atoms with Crippen molar-refractivity contribution in [2.75, 3.05) is 6.54 Å². The number of carbonyl (C=O) groups is 1. The van der Waals surface area contributed by atoms with Crippen LogP contribution in [0.15, 0.2) is 78.9 Å². The minimum atomic E-state index is -0.935. The van der Waals surface area contributed by atoms with E-state index in [1.807, 2.05) is 54.6 Å². The molecule has 3 aromatic rings. The Balaban J connectivity index is 2.23. The van der Waals surface area contributed by atoms with Crippen molar-refractivity contribution in [2.45, 2.75) is 38.0 Å². The Bertz CT molecular complexity index is 936. The minimum absolute atomic E-state index is 0.165. The van der Waals surface area contributed by atoms with E-state index in [0.29, 0.717) is 18.0 Å². The largest absolute Gasteiger partial charge is 0.330 e. The van der Waals surface area contributed by atoms with Crippen molar-refractivity contribution >= 4 is 17.4 Å². The Morgan fingerprint density at radius 1 is 0.828 bits per heavy atom. The van der Waals surface area contributed by atoms with Crippen molar-refractivity contribution < 1.29 is 4.79 Å². The molecule has 0 spiro atoms. The highest BCUT2D eigenvalue weighted by atomic mass is 35.5. The average molecular weight is 406 g/mol. The lowest BCUT2D eigenvalue weighted by Crippen LogP contribution is -2.39. The van der Waals surface area contributed by atoms with Crippen LogP contribution < -0.4 is 5.73 Å². The summed E-state index contributed by atoms with van der Waals surface area (Å²) in [5, 5.41) is 0.604. The summed E-state index contributed by atoms with van der Waals surface area (Å²) >= 11 is 6.70. The van der Waals surface area contributed by atoms with E-state index < -0.39 is 5.41 Å². The van der Waals surface area contributed by atoms with Crippen molar-refractivity contribution in [2.24, 2.45) is 5.73 Å². The summed E-state index contributed by atoms with van der Waals surface area (Å²) in [6.45, 7) is 2.71. The molecule has 0 heterocycles. The molecule has 150 valence electrons. The third kappa shape index (κ3) is 4.44. The fraction of sp³-hybridized carbons (Fsp3) is 0.269. The number of hydrogen-bond acceptors (Lipinski definition) is 2. The predicted molar refractivity (Wildman–Crippen MR) is 121 cm³/mol. The summed E-state index contributed by atoms with van der Waals surface area (Å²) < 4.78 is 0. The third-order valence-corrected chi connectivity index (χ3v) is 5.83. The molecule has 0 amide bonds. The number of aryl methyl sites for hydroxylation is 1. The molecule has 1 unspecified atom stereocenters. The van der Waals surface area contributed by atoms with E-state index in [-0.39, 0.29) is 5.78 Å². The highest BCUT2D eigenvalue weighted by molar-refractivity contribution is 6.32. The Morgan fingerprint density at radius 3 is 2.10 bits per heavy atom. The van der Waals surface area contributed by atoms with Crippen molar-refractivity contribution in [3.63, 3.8) is 0 Å². The molecule has 0 aliphatic carbocycles. The van der Waals surface area contributed by atoms with Gasteiger partial charge in [-0.1, -0.05) is 96.4 Å². The number of unbranched alkanes of at least 4 members (excludes halogenated alkanes) is 2. The zero-order valence-electron chi connectivity index (χ0n) is 16.9. The van der Waals surface area contributed by atoms with E-state index in [1.165, 1.54) is 0 Å². The van der Waals surface area contributed by atoms with E-state index in [4.69, 9.17) is 17.3 Å². The fourth-order valence-electron chi connectivity index (χ4n) is 4.00. The number of benzene rings is 3. The van der Waals surface area contributed by atoms with Crippen LogP contribution in [0.2, 0.25) is 5.02 Å². The van der Waals surface area contributed by atoms with Gasteiger partial charge < -0.3 is 5.73 Å². The maximum absolute atomic E-state index is 14.0. The van der Waals surface area contributed by atoms with Gasteiger partial charge in [0.15, 0.2) is 5.78 Å². The molecule has 1 atom stereocenters. The van der Waals surface area contributed by atoms with E-state index in [0.717, 1.165) is 41.5 Å². The SMILES string of the molecule is Cc1ccc(C(C(=O)CCCCCN)(c2ccccc2)c2ccccc2Cl)cc1. The first kappa shape index (κ1) is 21.3. The third-order valence-electron chi connectivity index (χ3n) is 5.50. The first-order valence-electron chi connectivity index (χ1n) is 10.2. The summed E-state index contributed by atoms with van der Waals surface area (Å²) in [4.78, 5) is 14.0. The maximum atomic E-state index is 14.0. The van der Waals surface area contributed by atoms with Crippen molar-refractivity contribution in [1.82, 2.24) is 0 Å². The van der Waals surface area contributed by atoms with Crippen LogP contribution in [-0.4, -0.2) is 12.3 Å². The van der Waals surface area contributed by atoms with E-state index in [2.05, 4.69) is 31.2 Å². The Kier molecular flexibility index (Phi) is 7.24. The lowest BCUT2D eigenvalue weighted by atomic mass is 9.65. The smallest absolute Gasteiger partial charge is 0.152 e. The first-order chi connectivity index (χ1) is 14.1. The van der Waals surface area contributed by atoms with Gasteiger partial charge in [-0.05, 0) is 49.1 Å². The van der Waals surface area contributed by atoms with Crippen LogP contribution in [0.4, 0.5) is 0 Å². The van der Waals surface area contributed by atoms with Crippen LogP contribution in [0, 0.1) is 6.92 Å². The van der Waals surface area contributed by atoms with Crippen LogP contribution in [0.3, 0.4) is 0 Å². The molecule has 0 bridgehead atoms. The topological polar surface area (TPSA) is 43.1 Å². The van der Waals surface area contributed by atoms with E-state index in [9.17, 15) is 4.79 Å². The summed E-state index contributed by atoms with van der Waals surface area (Å²) in [6.07, 6.45) is 3.18. The second-order valence-corrected chi connectivity index (χ2v) is 7.89. The van der Waals surface area contributed by atoms with Crippen LogP contribution in [0.25, 0.3) is 0 Å². The van der Waals surface area contributed by atoms with Crippen molar-refractivity contribution in [3.05, 3.63) is 106 Å². The summed E-state index contributed by atoms with van der Waals surface area (Å²) in [5.41, 5.74) is 8.59. The highest BCUT2D eigenvalue weighted by Crippen LogP contribution is 2.44. The monoisotopic (exact) mass is 405 g/mol. The van der Waals surface area contributed by atoms with Crippen LogP contribution in [0.1, 0.15) is 47.9 Å². The van der Waals surface area contributed by atoms with Gasteiger partial charge >= 0.3 is 0 Å². The molecular weight excluding hydrogens is 378 g/mol.